The van der Waals surface area contributed by atoms with Crippen molar-refractivity contribution >= 4 is 17.0 Å². The van der Waals surface area contributed by atoms with Crippen LogP contribution in [0.3, 0.4) is 0 Å². The van der Waals surface area contributed by atoms with Gasteiger partial charge in [0.1, 0.15) is 0 Å². The maximum absolute atomic E-state index is 8.85. The van der Waals surface area contributed by atoms with E-state index in [1.165, 1.54) is 4.88 Å². The number of aliphatic hydroxyl groups excluding tert-OH is 1. The Morgan fingerprint density at radius 3 is 2.50 bits per heavy atom. The molecule has 0 spiro atoms. The fraction of sp³-hybridized carbons (Fsp3) is 0.357. The molecule has 0 bridgehead atoms. The summed E-state index contributed by atoms with van der Waals surface area (Å²) in [6.45, 7) is 5.10. The zero-order valence-electron chi connectivity index (χ0n) is 10.7. The van der Waals surface area contributed by atoms with Gasteiger partial charge in [-0.1, -0.05) is 12.1 Å². The summed E-state index contributed by atoms with van der Waals surface area (Å²) in [5.41, 5.74) is 3.37. The topological polar surface area (TPSA) is 45.2 Å². The van der Waals surface area contributed by atoms with Gasteiger partial charge in [-0.15, -0.1) is 11.3 Å². The molecule has 2 aromatic rings. The molecule has 18 heavy (non-hydrogen) atoms. The highest BCUT2D eigenvalue weighted by molar-refractivity contribution is 7.11. The Balaban J connectivity index is 1.95. The number of thiazole rings is 1. The summed E-state index contributed by atoms with van der Waals surface area (Å²) in [6, 6.07) is 8.19. The van der Waals surface area contributed by atoms with Gasteiger partial charge in [0.05, 0.1) is 17.2 Å². The van der Waals surface area contributed by atoms with Crippen molar-refractivity contribution in [2.24, 2.45) is 0 Å². The van der Waals surface area contributed by atoms with Gasteiger partial charge in [-0.3, -0.25) is 0 Å². The van der Waals surface area contributed by atoms with E-state index in [-0.39, 0.29) is 6.61 Å². The lowest BCUT2D eigenvalue weighted by Gasteiger charge is -2.06. The summed E-state index contributed by atoms with van der Waals surface area (Å²) in [5.74, 6) is 0. The summed E-state index contributed by atoms with van der Waals surface area (Å²) >= 11 is 1.74. The fourth-order valence-corrected chi connectivity index (χ4v) is 2.72. The molecule has 96 valence electrons. The van der Waals surface area contributed by atoms with Crippen LogP contribution in [0.15, 0.2) is 24.3 Å². The second-order valence-corrected chi connectivity index (χ2v) is 5.55. The molecule has 2 rings (SSSR count). The van der Waals surface area contributed by atoms with Gasteiger partial charge in [0, 0.05) is 17.2 Å². The summed E-state index contributed by atoms with van der Waals surface area (Å²) in [7, 11) is 0. The van der Waals surface area contributed by atoms with Gasteiger partial charge < -0.3 is 10.4 Å². The summed E-state index contributed by atoms with van der Waals surface area (Å²) in [4.78, 5) is 5.70. The molecule has 1 aromatic heterocycles. The van der Waals surface area contributed by atoms with E-state index in [4.69, 9.17) is 5.11 Å². The largest absolute Gasteiger partial charge is 0.396 e. The number of aryl methyl sites for hydroxylation is 2. The maximum atomic E-state index is 8.85. The number of anilines is 1. The van der Waals surface area contributed by atoms with Crippen LogP contribution in [0.2, 0.25) is 0 Å². The molecule has 3 nitrogen and oxygen atoms in total. The first kappa shape index (κ1) is 13.1. The first-order valence-corrected chi connectivity index (χ1v) is 6.87. The number of aromatic nitrogens is 1. The quantitative estimate of drug-likeness (QED) is 0.871. The maximum Gasteiger partial charge on any atom is 0.0900 e. The highest BCUT2D eigenvalue weighted by Crippen LogP contribution is 2.19. The normalized spacial score (nSPS) is 10.6. The monoisotopic (exact) mass is 262 g/mol. The molecule has 2 N–H and O–H groups in total. The van der Waals surface area contributed by atoms with Crippen molar-refractivity contribution in [3.63, 3.8) is 0 Å². The van der Waals surface area contributed by atoms with Crippen molar-refractivity contribution in [1.29, 1.82) is 0 Å². The molecule has 1 aromatic carbocycles. The fourth-order valence-electron chi connectivity index (χ4n) is 1.84. The van der Waals surface area contributed by atoms with Crippen LogP contribution in [-0.4, -0.2) is 16.7 Å². The van der Waals surface area contributed by atoms with Crippen LogP contribution in [0, 0.1) is 13.8 Å². The van der Waals surface area contributed by atoms with Crippen molar-refractivity contribution in [2.45, 2.75) is 26.8 Å². The van der Waals surface area contributed by atoms with Crippen LogP contribution in [0.4, 0.5) is 5.69 Å². The number of aliphatic hydroxyl groups is 1. The van der Waals surface area contributed by atoms with Gasteiger partial charge in [0.15, 0.2) is 0 Å². The highest BCUT2D eigenvalue weighted by atomic mass is 32.1. The molecule has 0 saturated heterocycles. The zero-order chi connectivity index (χ0) is 13.0. The van der Waals surface area contributed by atoms with Gasteiger partial charge in [-0.2, -0.15) is 0 Å². The molecule has 0 aliphatic heterocycles. The molecule has 0 atom stereocenters. The summed E-state index contributed by atoms with van der Waals surface area (Å²) in [5, 5.41) is 13.4. The van der Waals surface area contributed by atoms with E-state index < -0.39 is 0 Å². The van der Waals surface area contributed by atoms with Crippen LogP contribution < -0.4 is 5.32 Å². The Morgan fingerprint density at radius 1 is 1.22 bits per heavy atom. The lowest BCUT2D eigenvalue weighted by Crippen LogP contribution is -1.99. The second kappa shape index (κ2) is 5.98. The molecule has 1 heterocycles. The van der Waals surface area contributed by atoms with Crippen LogP contribution in [0.5, 0.6) is 0 Å². The van der Waals surface area contributed by atoms with Crippen LogP contribution in [0.25, 0.3) is 0 Å². The van der Waals surface area contributed by atoms with E-state index in [1.54, 1.807) is 11.3 Å². The second-order valence-electron chi connectivity index (χ2n) is 4.27. The average molecular weight is 262 g/mol. The van der Waals surface area contributed by atoms with Crippen molar-refractivity contribution < 1.29 is 5.11 Å². The standard InChI is InChI=1S/C14H18N2OS/c1-10-14(18-11(2)16-10)9-15-13-5-3-12(4-6-13)7-8-17/h3-6,15,17H,7-9H2,1-2H3. The molecule has 0 unspecified atom stereocenters. The van der Waals surface area contributed by atoms with E-state index in [1.807, 2.05) is 38.1 Å². The Labute approximate surface area is 112 Å². The molecule has 0 aliphatic rings. The predicted octanol–water partition coefficient (Wildman–Crippen LogP) is 2.91. The molecular formula is C14H18N2OS. The first-order chi connectivity index (χ1) is 8.69. The van der Waals surface area contributed by atoms with Gasteiger partial charge in [-0.05, 0) is 38.0 Å². The van der Waals surface area contributed by atoms with Crippen LogP contribution in [0.1, 0.15) is 21.1 Å². The Kier molecular flexibility index (Phi) is 4.33. The number of rotatable bonds is 5. The van der Waals surface area contributed by atoms with E-state index in [0.717, 1.165) is 28.5 Å². The number of nitrogens with one attached hydrogen (secondary N) is 1. The van der Waals surface area contributed by atoms with Crippen molar-refractivity contribution in [3.8, 4) is 0 Å². The van der Waals surface area contributed by atoms with E-state index >= 15 is 0 Å². The lowest BCUT2D eigenvalue weighted by molar-refractivity contribution is 0.299. The summed E-state index contributed by atoms with van der Waals surface area (Å²) < 4.78 is 0. The van der Waals surface area contributed by atoms with Crippen molar-refractivity contribution in [3.05, 3.63) is 45.4 Å². The molecular weight excluding hydrogens is 244 g/mol. The Morgan fingerprint density at radius 2 is 1.94 bits per heavy atom. The van der Waals surface area contributed by atoms with Gasteiger partial charge in [-0.25, -0.2) is 4.98 Å². The molecule has 0 aliphatic carbocycles. The minimum Gasteiger partial charge on any atom is -0.396 e. The number of hydrogen-bond acceptors (Lipinski definition) is 4. The first-order valence-electron chi connectivity index (χ1n) is 6.05. The molecule has 0 amide bonds. The molecule has 0 radical (unpaired) electrons. The smallest absolute Gasteiger partial charge is 0.0900 e. The van der Waals surface area contributed by atoms with E-state index in [2.05, 4.69) is 10.3 Å². The average Bonchev–Trinajstić information content (AvgIpc) is 2.67. The highest BCUT2D eigenvalue weighted by Gasteiger charge is 2.04. The number of benzene rings is 1. The number of nitrogens with zero attached hydrogens (tertiary/aromatic N) is 1. The van der Waals surface area contributed by atoms with Crippen LogP contribution >= 0.6 is 11.3 Å². The molecule has 4 heteroatoms. The van der Waals surface area contributed by atoms with E-state index in [9.17, 15) is 0 Å². The van der Waals surface area contributed by atoms with Gasteiger partial charge in [0.2, 0.25) is 0 Å². The Hall–Kier alpha value is -1.39. The predicted molar refractivity (Wildman–Crippen MR) is 76.1 cm³/mol. The summed E-state index contributed by atoms with van der Waals surface area (Å²) in [6.07, 6.45) is 0.716. The van der Waals surface area contributed by atoms with Crippen molar-refractivity contribution in [1.82, 2.24) is 4.98 Å². The van der Waals surface area contributed by atoms with Crippen molar-refractivity contribution in [2.75, 3.05) is 11.9 Å². The third kappa shape index (κ3) is 3.31. The molecule has 0 fully saturated rings. The third-order valence-electron chi connectivity index (χ3n) is 2.81. The zero-order valence-corrected chi connectivity index (χ0v) is 11.5. The number of hydrogen-bond donors (Lipinski definition) is 2. The minimum atomic E-state index is 0.201. The third-order valence-corrected chi connectivity index (χ3v) is 3.88. The van der Waals surface area contributed by atoms with Gasteiger partial charge >= 0.3 is 0 Å². The Bertz CT molecular complexity index is 505. The van der Waals surface area contributed by atoms with E-state index in [0.29, 0.717) is 6.42 Å². The van der Waals surface area contributed by atoms with Crippen LogP contribution in [-0.2, 0) is 13.0 Å². The van der Waals surface area contributed by atoms with Gasteiger partial charge in [0.25, 0.3) is 0 Å². The minimum absolute atomic E-state index is 0.201. The molecule has 0 saturated carbocycles. The lowest BCUT2D eigenvalue weighted by atomic mass is 10.1. The SMILES string of the molecule is Cc1nc(C)c(CNc2ccc(CCO)cc2)s1.